The van der Waals surface area contributed by atoms with Gasteiger partial charge in [0.2, 0.25) is 6.08 Å². The molecule has 0 aliphatic rings. The van der Waals surface area contributed by atoms with Crippen LogP contribution in [-0.2, 0) is 16.1 Å². The van der Waals surface area contributed by atoms with Crippen LogP contribution in [0.4, 0.5) is 0 Å². The number of aryl methyl sites for hydroxylation is 1. The van der Waals surface area contributed by atoms with E-state index < -0.39 is 11.3 Å². The van der Waals surface area contributed by atoms with Crippen molar-refractivity contribution in [2.24, 2.45) is 4.40 Å². The van der Waals surface area contributed by atoms with Crippen LogP contribution >= 0.6 is 0 Å². The van der Waals surface area contributed by atoms with Crippen LogP contribution in [0.3, 0.4) is 0 Å². The Kier molecular flexibility index (Phi) is 6.63. The molecular weight excluding hydrogens is 190 g/mol. The summed E-state index contributed by atoms with van der Waals surface area (Å²) in [6.45, 7) is 2.08. The first kappa shape index (κ1) is 11.7. The minimum Gasteiger partial charge on any atom is -0.753 e. The summed E-state index contributed by atoms with van der Waals surface area (Å²) in [6.07, 6.45) is 0.829. The third-order valence-corrected chi connectivity index (χ3v) is 1.28. The zero-order valence-corrected chi connectivity index (χ0v) is 7.78. The van der Waals surface area contributed by atoms with Crippen LogP contribution in [0.15, 0.2) is 34.7 Å². The summed E-state index contributed by atoms with van der Waals surface area (Å²) in [5, 5.41) is 0. The van der Waals surface area contributed by atoms with Crippen LogP contribution in [-0.4, -0.2) is 14.8 Å². The van der Waals surface area contributed by atoms with Crippen molar-refractivity contribution in [2.45, 2.75) is 6.92 Å². The SMILES string of the molecule is Cc1ccccc1.O=C=NS(=O)[O-]. The summed E-state index contributed by atoms with van der Waals surface area (Å²) >= 11 is -2.61. The van der Waals surface area contributed by atoms with E-state index in [-0.39, 0.29) is 0 Å². The lowest BCUT2D eigenvalue weighted by Gasteiger charge is -1.84. The molecule has 0 saturated carbocycles. The van der Waals surface area contributed by atoms with Gasteiger partial charge in [-0.1, -0.05) is 35.9 Å². The summed E-state index contributed by atoms with van der Waals surface area (Å²) in [5.41, 5.74) is 1.32. The van der Waals surface area contributed by atoms with Gasteiger partial charge in [0.15, 0.2) is 0 Å². The minimum absolute atomic E-state index is 0.829. The number of nitrogens with zero attached hydrogens (tertiary/aromatic N) is 1. The summed E-state index contributed by atoms with van der Waals surface area (Å²) in [5.74, 6) is 0. The van der Waals surface area contributed by atoms with Gasteiger partial charge in [-0.25, -0.2) is 9.00 Å². The molecule has 0 spiro atoms. The van der Waals surface area contributed by atoms with Crippen molar-refractivity contribution >= 4 is 17.3 Å². The number of carbonyl (C=O) groups excluding carboxylic acids is 1. The molecule has 1 atom stereocenters. The maximum Gasteiger partial charge on any atom is 0.248 e. The van der Waals surface area contributed by atoms with E-state index in [4.69, 9.17) is 4.79 Å². The third-order valence-electron chi connectivity index (χ3n) is 1.05. The highest BCUT2D eigenvalue weighted by Crippen LogP contribution is 1.92. The van der Waals surface area contributed by atoms with Gasteiger partial charge >= 0.3 is 0 Å². The van der Waals surface area contributed by atoms with Crippen molar-refractivity contribution in [2.75, 3.05) is 0 Å². The number of rotatable bonds is 1. The molecule has 1 aromatic carbocycles. The molecule has 1 unspecified atom stereocenters. The van der Waals surface area contributed by atoms with E-state index in [1.54, 1.807) is 0 Å². The van der Waals surface area contributed by atoms with Gasteiger partial charge in [-0.05, 0) is 6.92 Å². The molecule has 4 nitrogen and oxygen atoms in total. The van der Waals surface area contributed by atoms with Crippen molar-refractivity contribution in [3.05, 3.63) is 35.9 Å². The molecule has 5 heteroatoms. The summed E-state index contributed by atoms with van der Waals surface area (Å²) in [4.78, 5) is 8.93. The minimum atomic E-state index is -2.61. The van der Waals surface area contributed by atoms with Gasteiger partial charge in [-0.15, -0.1) is 4.40 Å². The number of isocyanates is 1. The van der Waals surface area contributed by atoms with E-state index in [2.05, 4.69) is 23.5 Å². The topological polar surface area (TPSA) is 69.6 Å². The zero-order valence-electron chi connectivity index (χ0n) is 6.97. The fourth-order valence-corrected chi connectivity index (χ4v) is 0.626. The Morgan fingerprint density at radius 3 is 2.08 bits per heavy atom. The van der Waals surface area contributed by atoms with Gasteiger partial charge in [0.1, 0.15) is 0 Å². The predicted octanol–water partition coefficient (Wildman–Crippen LogP) is 1.11. The van der Waals surface area contributed by atoms with Gasteiger partial charge in [-0.3, -0.25) is 0 Å². The van der Waals surface area contributed by atoms with Crippen LogP contribution in [0.2, 0.25) is 0 Å². The summed E-state index contributed by atoms with van der Waals surface area (Å²) < 4.78 is 20.6. The highest BCUT2D eigenvalue weighted by atomic mass is 32.2. The Bertz CT molecular complexity index is 306. The van der Waals surface area contributed by atoms with Crippen LogP contribution in [0, 0.1) is 6.92 Å². The number of benzene rings is 1. The summed E-state index contributed by atoms with van der Waals surface area (Å²) in [7, 11) is 0. The quantitative estimate of drug-likeness (QED) is 0.385. The van der Waals surface area contributed by atoms with Gasteiger partial charge < -0.3 is 4.55 Å². The Labute approximate surface area is 78.7 Å². The van der Waals surface area contributed by atoms with Crippen LogP contribution in [0.1, 0.15) is 5.56 Å². The monoisotopic (exact) mass is 198 g/mol. The molecule has 0 aliphatic heterocycles. The van der Waals surface area contributed by atoms with E-state index in [1.807, 2.05) is 18.2 Å². The first-order chi connectivity index (χ1) is 6.16. The van der Waals surface area contributed by atoms with E-state index >= 15 is 0 Å². The lowest BCUT2D eigenvalue weighted by atomic mass is 10.2. The number of hydrogen-bond donors (Lipinski definition) is 0. The Balaban J connectivity index is 0.000000226. The molecule has 0 saturated heterocycles. The molecule has 0 aliphatic carbocycles. The molecule has 0 heterocycles. The van der Waals surface area contributed by atoms with Gasteiger partial charge in [-0.2, -0.15) is 0 Å². The third kappa shape index (κ3) is 8.62. The van der Waals surface area contributed by atoms with E-state index in [0.717, 1.165) is 6.08 Å². The second kappa shape index (κ2) is 7.36. The van der Waals surface area contributed by atoms with Gasteiger partial charge in [0.25, 0.3) is 0 Å². The lowest BCUT2D eigenvalue weighted by molar-refractivity contribution is 0.535. The average Bonchev–Trinajstić information content (AvgIpc) is 2.06. The highest BCUT2D eigenvalue weighted by Gasteiger charge is 1.72. The number of hydrogen-bond acceptors (Lipinski definition) is 3. The molecule has 13 heavy (non-hydrogen) atoms. The first-order valence-electron chi connectivity index (χ1n) is 3.35. The zero-order chi connectivity index (χ0) is 10.1. The standard InChI is InChI=1S/C7H8.CHNO3S/c1-7-5-3-2-4-6-7;3-1-2-6(4)5/h2-6H,1H3;(H,4,5)/p-1. The first-order valence-corrected chi connectivity index (χ1v) is 4.39. The normalized spacial score (nSPS) is 10.3. The van der Waals surface area contributed by atoms with Crippen LogP contribution in [0.25, 0.3) is 0 Å². The summed E-state index contributed by atoms with van der Waals surface area (Å²) in [6, 6.07) is 10.3. The second-order valence-electron chi connectivity index (χ2n) is 2.05. The molecule has 0 bridgehead atoms. The molecule has 0 N–H and O–H groups in total. The maximum atomic E-state index is 9.17. The van der Waals surface area contributed by atoms with Crippen LogP contribution < -0.4 is 0 Å². The van der Waals surface area contributed by atoms with Gasteiger partial charge in [0.05, 0.1) is 11.3 Å². The molecule has 0 aromatic heterocycles. The molecule has 70 valence electrons. The molecule has 0 fully saturated rings. The Hall–Kier alpha value is -1.29. The Morgan fingerprint density at radius 1 is 1.38 bits per heavy atom. The van der Waals surface area contributed by atoms with Crippen LogP contribution in [0.5, 0.6) is 0 Å². The smallest absolute Gasteiger partial charge is 0.248 e. The second-order valence-corrected chi connectivity index (χ2v) is 2.67. The fourth-order valence-electron chi connectivity index (χ4n) is 0.565. The molecule has 0 amide bonds. The van der Waals surface area contributed by atoms with Crippen molar-refractivity contribution < 1.29 is 13.6 Å². The fraction of sp³-hybridized carbons (Fsp3) is 0.125. The lowest BCUT2D eigenvalue weighted by Crippen LogP contribution is -1.74. The van der Waals surface area contributed by atoms with E-state index in [9.17, 15) is 8.76 Å². The largest absolute Gasteiger partial charge is 0.753 e. The molecular formula is C8H8NO3S-. The predicted molar refractivity (Wildman–Crippen MR) is 48.2 cm³/mol. The highest BCUT2D eigenvalue weighted by molar-refractivity contribution is 7.77. The van der Waals surface area contributed by atoms with E-state index in [1.165, 1.54) is 5.56 Å². The Morgan fingerprint density at radius 2 is 1.92 bits per heavy atom. The van der Waals surface area contributed by atoms with Gasteiger partial charge in [0, 0.05) is 0 Å². The molecule has 1 rings (SSSR count). The van der Waals surface area contributed by atoms with Crippen molar-refractivity contribution in [3.63, 3.8) is 0 Å². The molecule has 0 radical (unpaired) electrons. The van der Waals surface area contributed by atoms with Crippen molar-refractivity contribution in [3.8, 4) is 0 Å². The molecule has 1 aromatic rings. The van der Waals surface area contributed by atoms with E-state index in [0.29, 0.717) is 0 Å². The van der Waals surface area contributed by atoms with Crippen molar-refractivity contribution in [1.82, 2.24) is 0 Å². The van der Waals surface area contributed by atoms with Crippen molar-refractivity contribution in [1.29, 1.82) is 0 Å². The maximum absolute atomic E-state index is 9.17. The average molecular weight is 198 g/mol.